The van der Waals surface area contributed by atoms with Crippen molar-refractivity contribution in [3.8, 4) is 0 Å². The van der Waals surface area contributed by atoms with Gasteiger partial charge in [0, 0.05) is 43.0 Å². The maximum atomic E-state index is 13.1. The van der Waals surface area contributed by atoms with Crippen molar-refractivity contribution in [2.75, 3.05) is 18.8 Å². The molecule has 4 heterocycles. The van der Waals surface area contributed by atoms with Crippen LogP contribution in [-0.4, -0.2) is 52.4 Å². The summed E-state index contributed by atoms with van der Waals surface area (Å²) >= 11 is 1.58. The van der Waals surface area contributed by atoms with E-state index in [9.17, 15) is 13.2 Å². The first-order chi connectivity index (χ1) is 14.0. The van der Waals surface area contributed by atoms with E-state index in [1.54, 1.807) is 30.1 Å². The number of carbonyl (C=O) groups excluding carboxylic acids is 1. The van der Waals surface area contributed by atoms with Crippen molar-refractivity contribution in [3.05, 3.63) is 48.4 Å². The minimum Gasteiger partial charge on any atom is -0.325 e. The Labute approximate surface area is 174 Å². The van der Waals surface area contributed by atoms with Gasteiger partial charge in [-0.2, -0.15) is 4.31 Å². The molecule has 4 rings (SSSR count). The lowest BCUT2D eigenvalue weighted by Gasteiger charge is -2.16. The lowest BCUT2D eigenvalue weighted by molar-refractivity contribution is -0.108. The molecule has 0 N–H and O–H groups in total. The second-order valence-electron chi connectivity index (χ2n) is 6.89. The summed E-state index contributed by atoms with van der Waals surface area (Å²) in [6, 6.07) is 7.23. The van der Waals surface area contributed by atoms with Crippen LogP contribution in [0, 0.1) is 0 Å². The van der Waals surface area contributed by atoms with Crippen LogP contribution in [0.1, 0.15) is 24.8 Å². The maximum Gasteiger partial charge on any atom is 0.244 e. The summed E-state index contributed by atoms with van der Waals surface area (Å²) < 4.78 is 29.5. The Kier molecular flexibility index (Phi) is 5.71. The van der Waals surface area contributed by atoms with Crippen LogP contribution in [0.25, 0.3) is 11.0 Å². The minimum absolute atomic E-state index is 0.0623. The number of thioether (sulfide) groups is 1. The van der Waals surface area contributed by atoms with Crippen LogP contribution in [-0.2, 0) is 21.4 Å². The fraction of sp³-hybridized carbons (Fsp3) is 0.350. The molecule has 1 aliphatic heterocycles. The van der Waals surface area contributed by atoms with E-state index in [1.807, 2.05) is 29.8 Å². The van der Waals surface area contributed by atoms with E-state index in [2.05, 4.69) is 9.97 Å². The van der Waals surface area contributed by atoms with E-state index < -0.39 is 10.0 Å². The predicted octanol–water partition coefficient (Wildman–Crippen LogP) is 2.92. The van der Waals surface area contributed by atoms with E-state index >= 15 is 0 Å². The third-order valence-corrected chi connectivity index (χ3v) is 7.84. The standard InChI is InChI=1S/C20H22N4O3S2/c1-2-28-19-6-5-16(12-22-19)29(26,27)24-9-7-15(13-24)18-14-23(10-11-25)20-17(18)4-3-8-21-20/h3-6,8,11-12,14-15H,2,7,9-10,13H2,1H3. The summed E-state index contributed by atoms with van der Waals surface area (Å²) in [5.74, 6) is 0.951. The quantitative estimate of drug-likeness (QED) is 0.423. The molecule has 3 aromatic heterocycles. The molecule has 1 atom stereocenters. The fourth-order valence-electron chi connectivity index (χ4n) is 3.80. The molecule has 0 aromatic carbocycles. The Morgan fingerprint density at radius 2 is 2.14 bits per heavy atom. The highest BCUT2D eigenvalue weighted by Gasteiger charge is 2.34. The molecule has 0 saturated carbocycles. The summed E-state index contributed by atoms with van der Waals surface area (Å²) in [5.41, 5.74) is 1.80. The molecular weight excluding hydrogens is 408 g/mol. The number of aldehydes is 1. The topological polar surface area (TPSA) is 85.2 Å². The Balaban J connectivity index is 1.59. The smallest absolute Gasteiger partial charge is 0.244 e. The van der Waals surface area contributed by atoms with Crippen molar-refractivity contribution in [1.82, 2.24) is 18.8 Å². The van der Waals surface area contributed by atoms with Crippen molar-refractivity contribution >= 4 is 39.1 Å². The van der Waals surface area contributed by atoms with E-state index in [-0.39, 0.29) is 17.4 Å². The van der Waals surface area contributed by atoms with Crippen LogP contribution in [0.4, 0.5) is 0 Å². The van der Waals surface area contributed by atoms with Crippen LogP contribution in [0.5, 0.6) is 0 Å². The van der Waals surface area contributed by atoms with Crippen LogP contribution in [0.3, 0.4) is 0 Å². The Bertz CT molecular complexity index is 1130. The molecule has 1 aliphatic rings. The minimum atomic E-state index is -3.59. The SMILES string of the molecule is CCSc1ccc(S(=O)(=O)N2CCC(c3cn(CC=O)c4ncccc34)C2)cn1. The van der Waals surface area contributed by atoms with E-state index in [1.165, 1.54) is 10.5 Å². The van der Waals surface area contributed by atoms with Gasteiger partial charge in [-0.15, -0.1) is 11.8 Å². The molecule has 29 heavy (non-hydrogen) atoms. The monoisotopic (exact) mass is 430 g/mol. The largest absolute Gasteiger partial charge is 0.325 e. The van der Waals surface area contributed by atoms with Gasteiger partial charge in [0.05, 0.1) is 11.6 Å². The average Bonchev–Trinajstić information content (AvgIpc) is 3.35. The number of hydrogen-bond donors (Lipinski definition) is 0. The number of rotatable bonds is 7. The van der Waals surface area contributed by atoms with Crippen LogP contribution in [0.2, 0.25) is 0 Å². The first-order valence-electron chi connectivity index (χ1n) is 9.51. The first kappa shape index (κ1) is 20.1. The zero-order valence-electron chi connectivity index (χ0n) is 16.1. The molecule has 1 unspecified atom stereocenters. The van der Waals surface area contributed by atoms with Gasteiger partial charge in [0.15, 0.2) is 0 Å². The zero-order valence-corrected chi connectivity index (χ0v) is 17.7. The highest BCUT2D eigenvalue weighted by atomic mass is 32.2. The number of pyridine rings is 2. The summed E-state index contributed by atoms with van der Waals surface area (Å²) in [4.78, 5) is 19.9. The second kappa shape index (κ2) is 8.25. The molecular formula is C20H22N4O3S2. The number of hydrogen-bond acceptors (Lipinski definition) is 6. The van der Waals surface area contributed by atoms with E-state index in [0.717, 1.165) is 40.1 Å². The lowest BCUT2D eigenvalue weighted by Crippen LogP contribution is -2.28. The Morgan fingerprint density at radius 1 is 1.28 bits per heavy atom. The number of sulfonamides is 1. The molecule has 0 spiro atoms. The normalized spacial score (nSPS) is 17.8. The van der Waals surface area contributed by atoms with Gasteiger partial charge in [0.1, 0.15) is 16.8 Å². The second-order valence-corrected chi connectivity index (χ2v) is 10.1. The molecule has 3 aromatic rings. The molecule has 7 nitrogen and oxygen atoms in total. The van der Waals surface area contributed by atoms with Crippen molar-refractivity contribution in [3.63, 3.8) is 0 Å². The molecule has 0 amide bonds. The summed E-state index contributed by atoms with van der Waals surface area (Å²) in [6.45, 7) is 3.13. The fourth-order valence-corrected chi connectivity index (χ4v) is 5.83. The van der Waals surface area contributed by atoms with Gasteiger partial charge >= 0.3 is 0 Å². The lowest BCUT2D eigenvalue weighted by atomic mass is 9.99. The molecule has 0 bridgehead atoms. The molecule has 152 valence electrons. The van der Waals surface area contributed by atoms with Crippen LogP contribution >= 0.6 is 11.8 Å². The number of carbonyl (C=O) groups is 1. The summed E-state index contributed by atoms with van der Waals surface area (Å²) in [7, 11) is -3.59. The molecule has 0 aliphatic carbocycles. The molecule has 9 heteroatoms. The van der Waals surface area contributed by atoms with Crippen molar-refractivity contribution in [2.24, 2.45) is 0 Å². The van der Waals surface area contributed by atoms with Gasteiger partial charge in [0.25, 0.3) is 0 Å². The zero-order chi connectivity index (χ0) is 20.4. The van der Waals surface area contributed by atoms with Gasteiger partial charge in [0.2, 0.25) is 10.0 Å². The third-order valence-electron chi connectivity index (χ3n) is 5.17. The van der Waals surface area contributed by atoms with Crippen LogP contribution < -0.4 is 0 Å². The maximum absolute atomic E-state index is 13.1. The van der Waals surface area contributed by atoms with Crippen molar-refractivity contribution in [1.29, 1.82) is 0 Å². The van der Waals surface area contributed by atoms with Gasteiger partial charge in [-0.25, -0.2) is 18.4 Å². The van der Waals surface area contributed by atoms with Crippen molar-refractivity contribution < 1.29 is 13.2 Å². The molecule has 0 radical (unpaired) electrons. The molecule has 1 fully saturated rings. The molecule has 1 saturated heterocycles. The van der Waals surface area contributed by atoms with Crippen LogP contribution in [0.15, 0.2) is 52.8 Å². The average molecular weight is 431 g/mol. The van der Waals surface area contributed by atoms with Gasteiger partial charge in [-0.05, 0) is 42.0 Å². The first-order valence-corrected chi connectivity index (χ1v) is 11.9. The van der Waals surface area contributed by atoms with Gasteiger partial charge in [-0.1, -0.05) is 6.92 Å². The summed E-state index contributed by atoms with van der Waals surface area (Å²) in [5, 5.41) is 1.79. The number of aromatic nitrogens is 3. The van der Waals surface area contributed by atoms with E-state index in [0.29, 0.717) is 13.1 Å². The highest BCUT2D eigenvalue weighted by molar-refractivity contribution is 7.99. The highest BCUT2D eigenvalue weighted by Crippen LogP contribution is 2.35. The summed E-state index contributed by atoms with van der Waals surface area (Å²) in [6.07, 6.45) is 6.65. The van der Waals surface area contributed by atoms with Crippen molar-refractivity contribution in [2.45, 2.75) is 35.7 Å². The van der Waals surface area contributed by atoms with Gasteiger partial charge in [-0.3, -0.25) is 0 Å². The number of fused-ring (bicyclic) bond motifs is 1. The number of nitrogens with zero attached hydrogens (tertiary/aromatic N) is 4. The third kappa shape index (κ3) is 3.82. The Hall–Kier alpha value is -2.23. The van der Waals surface area contributed by atoms with E-state index in [4.69, 9.17) is 0 Å². The predicted molar refractivity (Wildman–Crippen MR) is 113 cm³/mol. The van der Waals surface area contributed by atoms with Gasteiger partial charge < -0.3 is 9.36 Å². The Morgan fingerprint density at radius 3 is 2.86 bits per heavy atom.